The maximum absolute atomic E-state index is 2.88. The number of allylic oxidation sites excluding steroid dienone is 6. The van der Waals surface area contributed by atoms with Crippen molar-refractivity contribution < 1.29 is 0 Å². The van der Waals surface area contributed by atoms with Gasteiger partial charge in [-0.05, 0) is 81.7 Å². The van der Waals surface area contributed by atoms with Crippen LogP contribution in [-0.4, -0.2) is 35.5 Å². The molecule has 1 saturated heterocycles. The smallest absolute Gasteiger partial charge is 0.0441 e. The number of hydrogen-bond donors (Lipinski definition) is 0. The van der Waals surface area contributed by atoms with Crippen LogP contribution >= 0.6 is 0 Å². The van der Waals surface area contributed by atoms with Crippen LogP contribution in [0, 0.1) is 5.92 Å². The van der Waals surface area contributed by atoms with Crippen LogP contribution in [0.5, 0.6) is 0 Å². The molecule has 30 heavy (non-hydrogen) atoms. The van der Waals surface area contributed by atoms with E-state index < -0.39 is 0 Å². The molecular formula is C28H44N2. The Morgan fingerprint density at radius 3 is 2.33 bits per heavy atom. The predicted octanol–water partition coefficient (Wildman–Crippen LogP) is 7.36. The zero-order valence-electron chi connectivity index (χ0n) is 19.2. The Kier molecular flexibility index (Phi) is 8.73. The summed E-state index contributed by atoms with van der Waals surface area (Å²) in [6.45, 7) is 3.94. The second-order valence-corrected chi connectivity index (χ2v) is 10.0. The third-order valence-corrected chi connectivity index (χ3v) is 7.88. The van der Waals surface area contributed by atoms with E-state index in [1.807, 2.05) is 0 Å². The van der Waals surface area contributed by atoms with Gasteiger partial charge in [-0.2, -0.15) is 0 Å². The fourth-order valence-corrected chi connectivity index (χ4v) is 6.20. The molecular weight excluding hydrogens is 364 g/mol. The first-order valence-corrected chi connectivity index (χ1v) is 13.2. The van der Waals surface area contributed by atoms with Crippen molar-refractivity contribution in [2.24, 2.45) is 5.92 Å². The van der Waals surface area contributed by atoms with Gasteiger partial charge >= 0.3 is 0 Å². The summed E-state index contributed by atoms with van der Waals surface area (Å²) in [6, 6.07) is 0.953. The zero-order chi connectivity index (χ0) is 20.4. The molecule has 0 aromatic rings. The quantitative estimate of drug-likeness (QED) is 0.329. The van der Waals surface area contributed by atoms with Crippen molar-refractivity contribution in [3.63, 3.8) is 0 Å². The van der Waals surface area contributed by atoms with E-state index in [2.05, 4.69) is 46.4 Å². The summed E-state index contributed by atoms with van der Waals surface area (Å²) >= 11 is 0. The van der Waals surface area contributed by atoms with E-state index in [0.29, 0.717) is 0 Å². The molecule has 0 aromatic heterocycles. The van der Waals surface area contributed by atoms with Crippen molar-refractivity contribution >= 4 is 0 Å². The first-order valence-electron chi connectivity index (χ1n) is 13.2. The Morgan fingerprint density at radius 2 is 1.47 bits per heavy atom. The fourth-order valence-electron chi connectivity index (χ4n) is 6.20. The van der Waals surface area contributed by atoms with E-state index in [1.165, 1.54) is 121 Å². The molecule has 2 heteroatoms. The average Bonchev–Trinajstić information content (AvgIpc) is 2.80. The second kappa shape index (κ2) is 11.9. The Morgan fingerprint density at radius 1 is 0.733 bits per heavy atom. The summed E-state index contributed by atoms with van der Waals surface area (Å²) in [5.41, 5.74) is 2.90. The summed E-state index contributed by atoms with van der Waals surface area (Å²) in [4.78, 5) is 5.33. The van der Waals surface area contributed by atoms with Crippen LogP contribution < -0.4 is 0 Å². The van der Waals surface area contributed by atoms with Gasteiger partial charge in [0.1, 0.15) is 0 Å². The predicted molar refractivity (Wildman–Crippen MR) is 129 cm³/mol. The molecule has 1 saturated carbocycles. The van der Waals surface area contributed by atoms with Gasteiger partial charge in [-0.15, -0.1) is 0 Å². The molecule has 166 valence electrons. The topological polar surface area (TPSA) is 6.48 Å². The van der Waals surface area contributed by atoms with Crippen LogP contribution in [0.25, 0.3) is 0 Å². The highest BCUT2D eigenvalue weighted by atomic mass is 15.2. The number of unbranched alkanes of at least 4 members (excludes halogenated alkanes) is 7. The van der Waals surface area contributed by atoms with Crippen molar-refractivity contribution in [2.75, 3.05) is 19.6 Å². The lowest BCUT2D eigenvalue weighted by Gasteiger charge is -2.44. The maximum atomic E-state index is 2.88. The van der Waals surface area contributed by atoms with E-state index in [9.17, 15) is 0 Å². The van der Waals surface area contributed by atoms with E-state index in [1.54, 1.807) is 0 Å². The second-order valence-electron chi connectivity index (χ2n) is 10.0. The minimum atomic E-state index is 0.953. The molecule has 2 aliphatic carbocycles. The number of hydrogen-bond acceptors (Lipinski definition) is 2. The highest BCUT2D eigenvalue weighted by Gasteiger charge is 2.32. The molecule has 0 spiro atoms. The van der Waals surface area contributed by atoms with Crippen molar-refractivity contribution in [3.05, 3.63) is 47.9 Å². The van der Waals surface area contributed by atoms with E-state index in [0.717, 1.165) is 18.4 Å². The Balaban J connectivity index is 1.000. The molecule has 2 nitrogen and oxygen atoms in total. The van der Waals surface area contributed by atoms with Gasteiger partial charge in [-0.1, -0.05) is 69.6 Å². The molecule has 2 fully saturated rings. The number of likely N-dealkylation sites (tertiary alicyclic amines) is 1. The first-order chi connectivity index (χ1) is 14.9. The van der Waals surface area contributed by atoms with E-state index in [-0.39, 0.29) is 0 Å². The molecule has 0 aromatic carbocycles. The minimum absolute atomic E-state index is 0.953. The fraction of sp³-hybridized carbons (Fsp3) is 0.714. The standard InChI is InChI=1S/C28H44N2/c1(3-5-11-21-29-23-13-17-25-15-7-9-19-27(25)29)2-4-6-12-22-30-24-14-18-26-16-8-10-20-28(26)30/h7,9,13,17,19,23,26,28H,1-6,8,10-12,14-16,18,20-22,24H2. The highest BCUT2D eigenvalue weighted by molar-refractivity contribution is 5.43. The third kappa shape index (κ3) is 6.13. The molecule has 0 radical (unpaired) electrons. The number of rotatable bonds is 11. The maximum Gasteiger partial charge on any atom is 0.0441 e. The van der Waals surface area contributed by atoms with Crippen molar-refractivity contribution in [3.8, 4) is 0 Å². The molecule has 2 aliphatic heterocycles. The van der Waals surface area contributed by atoms with Crippen LogP contribution in [-0.2, 0) is 0 Å². The molecule has 4 rings (SSSR count). The van der Waals surface area contributed by atoms with Gasteiger partial charge in [0.25, 0.3) is 0 Å². The van der Waals surface area contributed by atoms with Gasteiger partial charge < -0.3 is 9.80 Å². The van der Waals surface area contributed by atoms with Crippen LogP contribution in [0.2, 0.25) is 0 Å². The molecule has 2 heterocycles. The number of fused-ring (bicyclic) bond motifs is 2. The molecule has 4 aliphatic rings. The van der Waals surface area contributed by atoms with Crippen molar-refractivity contribution in [2.45, 2.75) is 102 Å². The van der Waals surface area contributed by atoms with Gasteiger partial charge in [0.2, 0.25) is 0 Å². The van der Waals surface area contributed by atoms with Crippen molar-refractivity contribution in [1.82, 2.24) is 9.80 Å². The molecule has 2 atom stereocenters. The minimum Gasteiger partial charge on any atom is -0.348 e. The first kappa shape index (κ1) is 21.9. The lowest BCUT2D eigenvalue weighted by molar-refractivity contribution is 0.0595. The number of nitrogens with zero attached hydrogens (tertiary/aromatic N) is 2. The normalized spacial score (nSPS) is 26.2. The van der Waals surface area contributed by atoms with Crippen LogP contribution in [0.1, 0.15) is 96.3 Å². The van der Waals surface area contributed by atoms with Gasteiger partial charge in [0.15, 0.2) is 0 Å². The van der Waals surface area contributed by atoms with E-state index in [4.69, 9.17) is 0 Å². The lowest BCUT2D eigenvalue weighted by Crippen LogP contribution is -2.46. The molecule has 2 unspecified atom stereocenters. The zero-order valence-corrected chi connectivity index (χ0v) is 19.2. The van der Waals surface area contributed by atoms with E-state index >= 15 is 0 Å². The Labute approximate surface area is 185 Å². The molecule has 0 N–H and O–H groups in total. The molecule has 0 amide bonds. The number of piperidine rings is 1. The van der Waals surface area contributed by atoms with Crippen LogP contribution in [0.4, 0.5) is 0 Å². The average molecular weight is 409 g/mol. The Bertz CT molecular complexity index is 639. The van der Waals surface area contributed by atoms with Crippen LogP contribution in [0.3, 0.4) is 0 Å². The SMILES string of the molecule is C1=CCC2=CC=CN(CCCCCCCCCCN3CCCC4CCCCC43)C2=C1. The Hall–Kier alpha value is -1.28. The van der Waals surface area contributed by atoms with Gasteiger partial charge in [0, 0.05) is 24.5 Å². The van der Waals surface area contributed by atoms with Crippen molar-refractivity contribution in [1.29, 1.82) is 0 Å². The summed E-state index contributed by atoms with van der Waals surface area (Å²) in [7, 11) is 0. The summed E-state index contributed by atoms with van der Waals surface area (Å²) in [6.07, 6.45) is 34.8. The summed E-state index contributed by atoms with van der Waals surface area (Å²) in [5.74, 6) is 1.04. The van der Waals surface area contributed by atoms with Gasteiger partial charge in [-0.25, -0.2) is 0 Å². The third-order valence-electron chi connectivity index (χ3n) is 7.88. The highest BCUT2D eigenvalue weighted by Crippen LogP contribution is 2.35. The largest absolute Gasteiger partial charge is 0.348 e. The summed E-state index contributed by atoms with van der Waals surface area (Å²) in [5, 5.41) is 0. The van der Waals surface area contributed by atoms with Gasteiger partial charge in [0.05, 0.1) is 0 Å². The van der Waals surface area contributed by atoms with Crippen LogP contribution in [0.15, 0.2) is 47.9 Å². The summed E-state index contributed by atoms with van der Waals surface area (Å²) < 4.78 is 0. The van der Waals surface area contributed by atoms with Gasteiger partial charge in [-0.3, -0.25) is 0 Å². The monoisotopic (exact) mass is 408 g/mol. The molecule has 0 bridgehead atoms. The lowest BCUT2D eigenvalue weighted by atomic mass is 9.78.